The molecule has 0 fully saturated rings. The van der Waals surface area contributed by atoms with Gasteiger partial charge in [0.15, 0.2) is 0 Å². The number of benzene rings is 1. The van der Waals surface area contributed by atoms with Gasteiger partial charge in [-0.2, -0.15) is 0 Å². The zero-order valence-electron chi connectivity index (χ0n) is 10.6. The Bertz CT molecular complexity index is 449. The van der Waals surface area contributed by atoms with E-state index in [-0.39, 0.29) is 13.0 Å². The van der Waals surface area contributed by atoms with Crippen LogP contribution in [0, 0.1) is 0 Å². The molecule has 0 aromatic heterocycles. The number of hydrogen-bond donors (Lipinski definition) is 4. The van der Waals surface area contributed by atoms with Crippen molar-refractivity contribution >= 4 is 17.5 Å². The van der Waals surface area contributed by atoms with Crippen LogP contribution >= 0.6 is 0 Å². The topological polar surface area (TPSA) is 118 Å². The van der Waals surface area contributed by atoms with Crippen molar-refractivity contribution in [1.82, 2.24) is 0 Å². The largest absolute Gasteiger partial charge is 0.396 e. The molecular weight excluding hydrogens is 246 g/mol. The molecule has 6 heteroatoms. The molecule has 0 aliphatic rings. The van der Waals surface area contributed by atoms with Gasteiger partial charge in [-0.3, -0.25) is 9.59 Å². The van der Waals surface area contributed by atoms with Gasteiger partial charge in [-0.1, -0.05) is 12.1 Å². The van der Waals surface area contributed by atoms with E-state index in [0.717, 1.165) is 12.0 Å². The van der Waals surface area contributed by atoms with E-state index in [4.69, 9.17) is 16.6 Å². The van der Waals surface area contributed by atoms with Crippen molar-refractivity contribution in [3.8, 4) is 0 Å². The number of carbonyl (C=O) groups is 2. The fourth-order valence-corrected chi connectivity index (χ4v) is 1.63. The summed E-state index contributed by atoms with van der Waals surface area (Å²) in [7, 11) is 0. The highest BCUT2D eigenvalue weighted by Gasteiger charge is 2.15. The average molecular weight is 265 g/mol. The van der Waals surface area contributed by atoms with Gasteiger partial charge in [0.1, 0.15) is 0 Å². The summed E-state index contributed by atoms with van der Waals surface area (Å²) in [5.74, 6) is -1.06. The van der Waals surface area contributed by atoms with Crippen molar-refractivity contribution in [2.75, 3.05) is 11.9 Å². The Morgan fingerprint density at radius 3 is 2.74 bits per heavy atom. The summed E-state index contributed by atoms with van der Waals surface area (Å²) in [5.41, 5.74) is 12.1. The summed E-state index contributed by atoms with van der Waals surface area (Å²) >= 11 is 0. The highest BCUT2D eigenvalue weighted by molar-refractivity contribution is 5.97. The second-order valence-corrected chi connectivity index (χ2v) is 4.29. The van der Waals surface area contributed by atoms with Crippen LogP contribution in [0.4, 0.5) is 5.69 Å². The number of nitrogens with two attached hydrogens (primary N) is 2. The number of aryl methyl sites for hydroxylation is 1. The molecule has 1 rings (SSSR count). The lowest BCUT2D eigenvalue weighted by Crippen LogP contribution is -2.39. The van der Waals surface area contributed by atoms with Crippen molar-refractivity contribution in [3.63, 3.8) is 0 Å². The highest BCUT2D eigenvalue weighted by atomic mass is 16.3. The maximum atomic E-state index is 11.7. The molecule has 1 aromatic carbocycles. The first-order valence-corrected chi connectivity index (χ1v) is 6.07. The van der Waals surface area contributed by atoms with Gasteiger partial charge in [-0.05, 0) is 30.5 Å². The molecule has 0 bridgehead atoms. The van der Waals surface area contributed by atoms with E-state index in [1.165, 1.54) is 0 Å². The molecular formula is C13H19N3O3. The van der Waals surface area contributed by atoms with Crippen molar-refractivity contribution in [2.45, 2.75) is 25.3 Å². The normalized spacial score (nSPS) is 11.9. The van der Waals surface area contributed by atoms with Gasteiger partial charge < -0.3 is 21.9 Å². The third kappa shape index (κ3) is 5.50. The number of hydrogen-bond acceptors (Lipinski definition) is 4. The van der Waals surface area contributed by atoms with Gasteiger partial charge in [0.25, 0.3) is 0 Å². The summed E-state index contributed by atoms with van der Waals surface area (Å²) in [6, 6.07) is 6.32. The van der Waals surface area contributed by atoms with Crippen LogP contribution in [0.5, 0.6) is 0 Å². The van der Waals surface area contributed by atoms with E-state index in [9.17, 15) is 9.59 Å². The number of nitrogens with one attached hydrogen (secondary N) is 1. The Balaban J connectivity index is 2.61. The number of primary amides is 1. The minimum Gasteiger partial charge on any atom is -0.396 e. The lowest BCUT2D eigenvalue weighted by atomic mass is 10.1. The van der Waals surface area contributed by atoms with Crippen molar-refractivity contribution in [2.24, 2.45) is 11.5 Å². The molecule has 1 unspecified atom stereocenters. The Labute approximate surface area is 111 Å². The quantitative estimate of drug-likeness (QED) is 0.543. The first-order chi connectivity index (χ1) is 9.02. The van der Waals surface area contributed by atoms with Gasteiger partial charge >= 0.3 is 0 Å². The van der Waals surface area contributed by atoms with Crippen LogP contribution in [-0.2, 0) is 16.0 Å². The molecule has 6 nitrogen and oxygen atoms in total. The first-order valence-electron chi connectivity index (χ1n) is 6.07. The van der Waals surface area contributed by atoms with Gasteiger partial charge in [-0.15, -0.1) is 0 Å². The molecule has 0 heterocycles. The average Bonchev–Trinajstić information content (AvgIpc) is 2.36. The van der Waals surface area contributed by atoms with Crippen molar-refractivity contribution < 1.29 is 14.7 Å². The number of rotatable bonds is 7. The second kappa shape index (κ2) is 7.50. The van der Waals surface area contributed by atoms with Gasteiger partial charge in [-0.25, -0.2) is 0 Å². The van der Waals surface area contributed by atoms with E-state index in [1.54, 1.807) is 6.07 Å². The van der Waals surface area contributed by atoms with Crippen molar-refractivity contribution in [3.05, 3.63) is 29.8 Å². The van der Waals surface area contributed by atoms with Crippen molar-refractivity contribution in [1.29, 1.82) is 0 Å². The van der Waals surface area contributed by atoms with Crippen LogP contribution in [-0.4, -0.2) is 29.6 Å². The van der Waals surface area contributed by atoms with Gasteiger partial charge in [0.05, 0.1) is 12.5 Å². The molecule has 1 aromatic rings. The fourth-order valence-electron chi connectivity index (χ4n) is 1.63. The maximum absolute atomic E-state index is 11.7. The molecule has 1 atom stereocenters. The third-order valence-corrected chi connectivity index (χ3v) is 2.58. The Kier molecular flexibility index (Phi) is 5.98. The zero-order valence-corrected chi connectivity index (χ0v) is 10.6. The lowest BCUT2D eigenvalue weighted by molar-refractivity contribution is -0.123. The fraction of sp³-hybridized carbons (Fsp3) is 0.385. The Morgan fingerprint density at radius 1 is 1.37 bits per heavy atom. The number of aliphatic hydroxyl groups is 1. The van der Waals surface area contributed by atoms with E-state index < -0.39 is 17.9 Å². The van der Waals surface area contributed by atoms with E-state index in [2.05, 4.69) is 5.32 Å². The summed E-state index contributed by atoms with van der Waals surface area (Å²) in [6.07, 6.45) is 1.21. The second-order valence-electron chi connectivity index (χ2n) is 4.29. The van der Waals surface area contributed by atoms with Crippen LogP contribution in [0.15, 0.2) is 24.3 Å². The molecule has 0 aliphatic carbocycles. The summed E-state index contributed by atoms with van der Waals surface area (Å²) in [4.78, 5) is 22.4. The van der Waals surface area contributed by atoms with Crippen LogP contribution in [0.1, 0.15) is 18.4 Å². The van der Waals surface area contributed by atoms with E-state index >= 15 is 0 Å². The van der Waals surface area contributed by atoms with E-state index in [0.29, 0.717) is 12.1 Å². The van der Waals surface area contributed by atoms with Crippen LogP contribution in [0.3, 0.4) is 0 Å². The predicted molar refractivity (Wildman–Crippen MR) is 72.3 cm³/mol. The molecule has 0 saturated heterocycles. The molecule has 104 valence electrons. The SMILES string of the molecule is NC(=O)CC(N)C(=O)Nc1cccc(CCCO)c1. The first kappa shape index (κ1) is 15.1. The zero-order chi connectivity index (χ0) is 14.3. The Hall–Kier alpha value is -1.92. The monoisotopic (exact) mass is 265 g/mol. The standard InChI is InChI=1S/C13H19N3O3/c14-11(8-12(15)18)13(19)16-10-5-1-3-9(7-10)4-2-6-17/h1,3,5,7,11,17H,2,4,6,8,14H2,(H2,15,18)(H,16,19). The van der Waals surface area contributed by atoms with Crippen LogP contribution in [0.25, 0.3) is 0 Å². The Morgan fingerprint density at radius 2 is 2.11 bits per heavy atom. The predicted octanol–water partition coefficient (Wildman–Crippen LogP) is -0.247. The minimum absolute atomic E-state index is 0.125. The number of anilines is 1. The maximum Gasteiger partial charge on any atom is 0.241 e. The molecule has 0 radical (unpaired) electrons. The smallest absolute Gasteiger partial charge is 0.241 e. The highest BCUT2D eigenvalue weighted by Crippen LogP contribution is 2.12. The molecule has 2 amide bonds. The molecule has 0 saturated carbocycles. The summed E-state index contributed by atoms with van der Waals surface area (Å²) < 4.78 is 0. The number of carbonyl (C=O) groups excluding carboxylic acids is 2. The van der Waals surface area contributed by atoms with Gasteiger partial charge in [0.2, 0.25) is 11.8 Å². The van der Waals surface area contributed by atoms with Gasteiger partial charge in [0, 0.05) is 12.3 Å². The summed E-state index contributed by atoms with van der Waals surface area (Å²) in [5, 5.41) is 11.4. The minimum atomic E-state index is -0.946. The molecule has 0 spiro atoms. The number of amides is 2. The number of aliphatic hydroxyl groups excluding tert-OH is 1. The van der Waals surface area contributed by atoms with Crippen LogP contribution < -0.4 is 16.8 Å². The van der Waals surface area contributed by atoms with Crippen LogP contribution in [0.2, 0.25) is 0 Å². The lowest BCUT2D eigenvalue weighted by Gasteiger charge is -2.11. The molecule has 6 N–H and O–H groups in total. The molecule has 0 aliphatic heterocycles. The summed E-state index contributed by atoms with van der Waals surface area (Å²) in [6.45, 7) is 0.125. The van der Waals surface area contributed by atoms with E-state index in [1.807, 2.05) is 18.2 Å². The third-order valence-electron chi connectivity index (χ3n) is 2.58. The molecule has 19 heavy (non-hydrogen) atoms.